The smallest absolute Gasteiger partial charge is 0.0210 e. The SMILES string of the molecule is CC1CCC2C3CC(C)C3(C)C12C. The molecule has 6 atom stereocenters. The normalized spacial score (nSPS) is 69.2. The zero-order chi connectivity index (χ0) is 9.43. The fraction of sp³-hybridized carbons (Fsp3) is 1.00. The van der Waals surface area contributed by atoms with E-state index in [1.54, 1.807) is 0 Å². The molecule has 0 amide bonds. The molecule has 3 fully saturated rings. The van der Waals surface area contributed by atoms with Crippen LogP contribution in [0.15, 0.2) is 0 Å². The van der Waals surface area contributed by atoms with E-state index in [-0.39, 0.29) is 0 Å². The van der Waals surface area contributed by atoms with Gasteiger partial charge in [0.2, 0.25) is 0 Å². The first-order chi connectivity index (χ1) is 6.03. The van der Waals surface area contributed by atoms with Gasteiger partial charge in [-0.25, -0.2) is 0 Å². The Bertz CT molecular complexity index is 257. The van der Waals surface area contributed by atoms with Crippen molar-refractivity contribution < 1.29 is 0 Å². The average molecular weight is 178 g/mol. The minimum absolute atomic E-state index is 0.718. The molecule has 74 valence electrons. The largest absolute Gasteiger partial charge is 0.0620 e. The minimum atomic E-state index is 0.718. The fourth-order valence-electron chi connectivity index (χ4n) is 5.44. The second-order valence-electron chi connectivity index (χ2n) is 6.39. The van der Waals surface area contributed by atoms with E-state index in [4.69, 9.17) is 0 Å². The third-order valence-corrected chi connectivity index (χ3v) is 6.75. The lowest BCUT2D eigenvalue weighted by Gasteiger charge is -2.76. The predicted octanol–water partition coefficient (Wildman–Crippen LogP) is 3.71. The van der Waals surface area contributed by atoms with Crippen LogP contribution in [0.3, 0.4) is 0 Å². The molecular formula is C13H22. The number of rotatable bonds is 0. The lowest BCUT2D eigenvalue weighted by molar-refractivity contribution is -0.289. The standard InChI is InChI=1S/C13H22/c1-8-5-6-10-11-7-9(2)13(11,4)12(8,10)3/h8-11H,5-7H2,1-4H3. The summed E-state index contributed by atoms with van der Waals surface area (Å²) in [5.41, 5.74) is 1.45. The Morgan fingerprint density at radius 3 is 2.08 bits per heavy atom. The van der Waals surface area contributed by atoms with Gasteiger partial charge in [0.15, 0.2) is 0 Å². The van der Waals surface area contributed by atoms with E-state index in [0.717, 1.165) is 34.5 Å². The molecule has 6 unspecified atom stereocenters. The maximum Gasteiger partial charge on any atom is -0.0210 e. The molecule has 0 aliphatic heterocycles. The molecule has 0 radical (unpaired) electrons. The van der Waals surface area contributed by atoms with Crippen molar-refractivity contribution in [1.82, 2.24) is 0 Å². The first-order valence-electron chi connectivity index (χ1n) is 6.03. The molecule has 0 aromatic rings. The van der Waals surface area contributed by atoms with Crippen molar-refractivity contribution in [2.24, 2.45) is 34.5 Å². The van der Waals surface area contributed by atoms with Gasteiger partial charge in [0.25, 0.3) is 0 Å². The number of fused-ring (bicyclic) bond motifs is 4. The van der Waals surface area contributed by atoms with E-state index >= 15 is 0 Å². The Morgan fingerprint density at radius 1 is 0.846 bits per heavy atom. The highest BCUT2D eigenvalue weighted by Gasteiger charge is 2.76. The van der Waals surface area contributed by atoms with Crippen LogP contribution in [0.2, 0.25) is 0 Å². The van der Waals surface area contributed by atoms with E-state index in [1.165, 1.54) is 19.3 Å². The molecule has 0 aromatic heterocycles. The summed E-state index contributed by atoms with van der Waals surface area (Å²) in [4.78, 5) is 0. The van der Waals surface area contributed by atoms with E-state index in [2.05, 4.69) is 27.7 Å². The molecule has 0 bridgehead atoms. The highest BCUT2D eigenvalue weighted by atomic mass is 14.8. The van der Waals surface area contributed by atoms with Crippen LogP contribution >= 0.6 is 0 Å². The maximum absolute atomic E-state index is 2.58. The summed E-state index contributed by atoms with van der Waals surface area (Å²) in [7, 11) is 0. The Morgan fingerprint density at radius 2 is 1.46 bits per heavy atom. The molecule has 3 aliphatic carbocycles. The zero-order valence-corrected chi connectivity index (χ0v) is 9.43. The fourth-order valence-corrected chi connectivity index (χ4v) is 5.44. The molecule has 0 heterocycles. The lowest BCUT2D eigenvalue weighted by Crippen LogP contribution is -2.71. The summed E-state index contributed by atoms with van der Waals surface area (Å²) >= 11 is 0. The van der Waals surface area contributed by atoms with Crippen LogP contribution in [0.4, 0.5) is 0 Å². The van der Waals surface area contributed by atoms with Gasteiger partial charge in [0.1, 0.15) is 0 Å². The Labute approximate surface area is 82.1 Å². The summed E-state index contributed by atoms with van der Waals surface area (Å²) in [6.07, 6.45) is 4.56. The number of hydrogen-bond acceptors (Lipinski definition) is 0. The van der Waals surface area contributed by atoms with Crippen molar-refractivity contribution in [2.45, 2.75) is 47.0 Å². The monoisotopic (exact) mass is 178 g/mol. The molecule has 0 heteroatoms. The third kappa shape index (κ3) is 0.567. The van der Waals surface area contributed by atoms with Gasteiger partial charge in [-0.15, -0.1) is 0 Å². The van der Waals surface area contributed by atoms with Crippen LogP contribution in [0, 0.1) is 34.5 Å². The summed E-state index contributed by atoms with van der Waals surface area (Å²) in [6, 6.07) is 0. The Balaban J connectivity index is 2.01. The van der Waals surface area contributed by atoms with Gasteiger partial charge < -0.3 is 0 Å². The highest BCUT2D eigenvalue weighted by molar-refractivity contribution is 5.24. The summed E-state index contributed by atoms with van der Waals surface area (Å²) < 4.78 is 0. The van der Waals surface area contributed by atoms with Crippen molar-refractivity contribution in [3.05, 3.63) is 0 Å². The van der Waals surface area contributed by atoms with Gasteiger partial charge in [-0.3, -0.25) is 0 Å². The maximum atomic E-state index is 2.58. The van der Waals surface area contributed by atoms with Crippen molar-refractivity contribution in [2.75, 3.05) is 0 Å². The van der Waals surface area contributed by atoms with E-state index in [0.29, 0.717) is 0 Å². The molecule has 3 saturated carbocycles. The van der Waals surface area contributed by atoms with E-state index in [9.17, 15) is 0 Å². The van der Waals surface area contributed by atoms with Gasteiger partial charge in [0, 0.05) is 0 Å². The Hall–Kier alpha value is 0. The number of hydrogen-bond donors (Lipinski definition) is 0. The van der Waals surface area contributed by atoms with Gasteiger partial charge in [-0.05, 0) is 53.8 Å². The first kappa shape index (κ1) is 8.32. The van der Waals surface area contributed by atoms with Crippen molar-refractivity contribution >= 4 is 0 Å². The van der Waals surface area contributed by atoms with Gasteiger partial charge in [-0.2, -0.15) is 0 Å². The van der Waals surface area contributed by atoms with Crippen LogP contribution in [0.5, 0.6) is 0 Å². The molecular weight excluding hydrogens is 156 g/mol. The molecule has 0 nitrogen and oxygen atoms in total. The third-order valence-electron chi connectivity index (χ3n) is 6.75. The van der Waals surface area contributed by atoms with Crippen LogP contribution in [-0.4, -0.2) is 0 Å². The van der Waals surface area contributed by atoms with Crippen LogP contribution < -0.4 is 0 Å². The second-order valence-corrected chi connectivity index (χ2v) is 6.39. The molecule has 13 heavy (non-hydrogen) atoms. The van der Waals surface area contributed by atoms with E-state index in [1.807, 2.05) is 0 Å². The minimum Gasteiger partial charge on any atom is -0.0620 e. The molecule has 0 aromatic carbocycles. The molecule has 0 spiro atoms. The first-order valence-corrected chi connectivity index (χ1v) is 6.03. The van der Waals surface area contributed by atoms with Crippen molar-refractivity contribution in [3.8, 4) is 0 Å². The molecule has 3 aliphatic rings. The molecule has 0 saturated heterocycles. The van der Waals surface area contributed by atoms with Crippen LogP contribution in [0.25, 0.3) is 0 Å². The van der Waals surface area contributed by atoms with Crippen LogP contribution in [0.1, 0.15) is 47.0 Å². The topological polar surface area (TPSA) is 0 Å². The molecule has 0 N–H and O–H groups in total. The predicted molar refractivity (Wildman–Crippen MR) is 55.4 cm³/mol. The average Bonchev–Trinajstić information content (AvgIpc) is 2.38. The van der Waals surface area contributed by atoms with Crippen LogP contribution in [-0.2, 0) is 0 Å². The Kier molecular flexibility index (Phi) is 1.27. The van der Waals surface area contributed by atoms with Crippen molar-refractivity contribution in [3.63, 3.8) is 0 Å². The lowest BCUT2D eigenvalue weighted by atomic mass is 9.28. The second kappa shape index (κ2) is 1.99. The van der Waals surface area contributed by atoms with Gasteiger partial charge >= 0.3 is 0 Å². The molecule has 3 rings (SSSR count). The zero-order valence-electron chi connectivity index (χ0n) is 9.43. The summed E-state index contributed by atoms with van der Waals surface area (Å²) in [6.45, 7) is 10.1. The highest BCUT2D eigenvalue weighted by Crippen LogP contribution is 2.82. The van der Waals surface area contributed by atoms with Crippen molar-refractivity contribution in [1.29, 1.82) is 0 Å². The van der Waals surface area contributed by atoms with Gasteiger partial charge in [-0.1, -0.05) is 27.7 Å². The van der Waals surface area contributed by atoms with E-state index < -0.39 is 0 Å². The van der Waals surface area contributed by atoms with Gasteiger partial charge in [0.05, 0.1) is 0 Å². The summed E-state index contributed by atoms with van der Waals surface area (Å²) in [5, 5.41) is 0. The summed E-state index contributed by atoms with van der Waals surface area (Å²) in [5.74, 6) is 4.20. The quantitative estimate of drug-likeness (QED) is 0.530.